The molecule has 0 N–H and O–H groups in total. The molecule has 1 amide bonds. The predicted octanol–water partition coefficient (Wildman–Crippen LogP) is 4.54. The van der Waals surface area contributed by atoms with Crippen LogP contribution in [-0.4, -0.2) is 55.1 Å². The molecule has 0 unspecified atom stereocenters. The molecule has 2 saturated heterocycles. The van der Waals surface area contributed by atoms with Gasteiger partial charge in [-0.05, 0) is 55.4 Å². The van der Waals surface area contributed by atoms with Gasteiger partial charge in [0.1, 0.15) is 17.6 Å². The SMILES string of the molecule is CCc1ccc(CN2CCC(Oc3cc(OC)ccc3C(=O)N3CCCC3)CC2)cc1. The van der Waals surface area contributed by atoms with E-state index in [4.69, 9.17) is 9.47 Å². The highest BCUT2D eigenvalue weighted by atomic mass is 16.5. The molecule has 5 nitrogen and oxygen atoms in total. The minimum atomic E-state index is 0.0723. The van der Waals surface area contributed by atoms with E-state index in [2.05, 4.69) is 36.1 Å². The van der Waals surface area contributed by atoms with Crippen LogP contribution in [0.5, 0.6) is 11.5 Å². The highest BCUT2D eigenvalue weighted by molar-refractivity contribution is 5.97. The molecule has 166 valence electrons. The van der Waals surface area contributed by atoms with Crippen LogP contribution >= 0.6 is 0 Å². The van der Waals surface area contributed by atoms with Crippen LogP contribution < -0.4 is 9.47 Å². The van der Waals surface area contributed by atoms with Crippen LogP contribution in [0.2, 0.25) is 0 Å². The van der Waals surface area contributed by atoms with E-state index in [1.807, 2.05) is 23.1 Å². The van der Waals surface area contributed by atoms with Crippen molar-refractivity contribution in [1.82, 2.24) is 9.80 Å². The molecule has 2 fully saturated rings. The summed E-state index contributed by atoms with van der Waals surface area (Å²) in [6.07, 6.45) is 5.28. The molecule has 0 bridgehead atoms. The van der Waals surface area contributed by atoms with Crippen LogP contribution in [0.4, 0.5) is 0 Å². The first-order chi connectivity index (χ1) is 15.2. The third-order valence-corrected chi connectivity index (χ3v) is 6.48. The van der Waals surface area contributed by atoms with Crippen LogP contribution in [-0.2, 0) is 13.0 Å². The normalized spacial score (nSPS) is 17.7. The minimum Gasteiger partial charge on any atom is -0.497 e. The molecule has 4 rings (SSSR count). The fourth-order valence-electron chi connectivity index (χ4n) is 4.50. The van der Waals surface area contributed by atoms with Crippen molar-refractivity contribution >= 4 is 5.91 Å². The first-order valence-electron chi connectivity index (χ1n) is 11.6. The van der Waals surface area contributed by atoms with Crippen molar-refractivity contribution in [2.24, 2.45) is 0 Å². The summed E-state index contributed by atoms with van der Waals surface area (Å²) < 4.78 is 11.8. The van der Waals surface area contributed by atoms with E-state index in [0.29, 0.717) is 11.3 Å². The number of methoxy groups -OCH3 is 1. The van der Waals surface area contributed by atoms with E-state index in [1.165, 1.54) is 11.1 Å². The van der Waals surface area contributed by atoms with Crippen molar-refractivity contribution in [3.63, 3.8) is 0 Å². The van der Waals surface area contributed by atoms with Crippen LogP contribution in [0.15, 0.2) is 42.5 Å². The quantitative estimate of drug-likeness (QED) is 0.657. The summed E-state index contributed by atoms with van der Waals surface area (Å²) in [4.78, 5) is 17.4. The third-order valence-electron chi connectivity index (χ3n) is 6.48. The summed E-state index contributed by atoms with van der Waals surface area (Å²) in [5.41, 5.74) is 3.40. The molecule has 2 aromatic rings. The van der Waals surface area contributed by atoms with Crippen LogP contribution in [0.1, 0.15) is 54.1 Å². The van der Waals surface area contributed by atoms with Crippen molar-refractivity contribution in [3.8, 4) is 11.5 Å². The van der Waals surface area contributed by atoms with E-state index >= 15 is 0 Å². The summed E-state index contributed by atoms with van der Waals surface area (Å²) in [7, 11) is 1.65. The van der Waals surface area contributed by atoms with E-state index in [-0.39, 0.29) is 12.0 Å². The lowest BCUT2D eigenvalue weighted by atomic mass is 10.0. The van der Waals surface area contributed by atoms with Gasteiger partial charge in [-0.25, -0.2) is 0 Å². The maximum atomic E-state index is 13.0. The Morgan fingerprint density at radius 1 is 0.968 bits per heavy atom. The number of hydrogen-bond acceptors (Lipinski definition) is 4. The summed E-state index contributed by atoms with van der Waals surface area (Å²) in [6.45, 7) is 6.84. The fraction of sp³-hybridized carbons (Fsp3) is 0.500. The van der Waals surface area contributed by atoms with Gasteiger partial charge < -0.3 is 14.4 Å². The zero-order valence-corrected chi connectivity index (χ0v) is 18.8. The van der Waals surface area contributed by atoms with Crippen LogP contribution in [0.25, 0.3) is 0 Å². The second kappa shape index (κ2) is 10.2. The summed E-state index contributed by atoms with van der Waals surface area (Å²) in [5.74, 6) is 1.45. The molecule has 31 heavy (non-hydrogen) atoms. The molecular weight excluding hydrogens is 388 g/mol. The molecule has 0 spiro atoms. The summed E-state index contributed by atoms with van der Waals surface area (Å²) in [6, 6.07) is 14.5. The fourth-order valence-corrected chi connectivity index (χ4v) is 4.50. The third kappa shape index (κ3) is 5.40. The number of benzene rings is 2. The smallest absolute Gasteiger partial charge is 0.257 e. The topological polar surface area (TPSA) is 42.0 Å². The lowest BCUT2D eigenvalue weighted by Gasteiger charge is -2.32. The Labute approximate surface area is 185 Å². The number of ether oxygens (including phenoxy) is 2. The average Bonchev–Trinajstić information content (AvgIpc) is 3.35. The van der Waals surface area contributed by atoms with Gasteiger partial charge in [0.2, 0.25) is 0 Å². The van der Waals surface area contributed by atoms with E-state index in [9.17, 15) is 4.79 Å². The number of carbonyl (C=O) groups is 1. The predicted molar refractivity (Wildman–Crippen MR) is 123 cm³/mol. The number of aryl methyl sites for hydroxylation is 1. The van der Waals surface area contributed by atoms with Crippen LogP contribution in [0, 0.1) is 0 Å². The van der Waals surface area contributed by atoms with Gasteiger partial charge in [-0.2, -0.15) is 0 Å². The van der Waals surface area contributed by atoms with E-state index in [1.54, 1.807) is 7.11 Å². The Hall–Kier alpha value is -2.53. The van der Waals surface area contributed by atoms with Gasteiger partial charge in [0.05, 0.1) is 12.7 Å². The maximum Gasteiger partial charge on any atom is 0.257 e. The van der Waals surface area contributed by atoms with Gasteiger partial charge in [-0.3, -0.25) is 9.69 Å². The zero-order chi connectivity index (χ0) is 21.6. The molecular formula is C26H34N2O3. The molecule has 2 heterocycles. The number of hydrogen-bond donors (Lipinski definition) is 0. The van der Waals surface area contributed by atoms with Crippen molar-refractivity contribution in [3.05, 3.63) is 59.2 Å². The van der Waals surface area contributed by atoms with Crippen molar-refractivity contribution in [2.45, 2.75) is 51.7 Å². The second-order valence-corrected chi connectivity index (χ2v) is 8.62. The van der Waals surface area contributed by atoms with Crippen LogP contribution in [0.3, 0.4) is 0 Å². The Kier molecular flexibility index (Phi) is 7.13. The molecule has 0 aromatic heterocycles. The van der Waals surface area contributed by atoms with Crippen molar-refractivity contribution in [1.29, 1.82) is 0 Å². The highest BCUT2D eigenvalue weighted by Gasteiger charge is 2.26. The van der Waals surface area contributed by atoms with Crippen molar-refractivity contribution in [2.75, 3.05) is 33.3 Å². The van der Waals surface area contributed by atoms with Gasteiger partial charge >= 0.3 is 0 Å². The molecule has 2 aliphatic heterocycles. The van der Waals surface area contributed by atoms with Gasteiger partial charge in [0, 0.05) is 38.8 Å². The lowest BCUT2D eigenvalue weighted by molar-refractivity contribution is 0.0764. The van der Waals surface area contributed by atoms with E-state index < -0.39 is 0 Å². The lowest BCUT2D eigenvalue weighted by Crippen LogP contribution is -2.38. The number of rotatable bonds is 7. The standard InChI is InChI=1S/C26H34N2O3/c1-3-20-6-8-21(9-7-20)19-27-16-12-22(13-17-27)31-25-18-23(30-2)10-11-24(25)26(29)28-14-4-5-15-28/h6-11,18,22H,3-5,12-17,19H2,1-2H3. The number of piperidine rings is 1. The highest BCUT2D eigenvalue weighted by Crippen LogP contribution is 2.30. The first kappa shape index (κ1) is 21.7. The molecule has 2 aliphatic rings. The average molecular weight is 423 g/mol. The first-order valence-corrected chi connectivity index (χ1v) is 11.6. The van der Waals surface area contributed by atoms with Gasteiger partial charge in [-0.15, -0.1) is 0 Å². The zero-order valence-electron chi connectivity index (χ0n) is 18.8. The molecule has 2 aromatic carbocycles. The number of carbonyl (C=O) groups excluding carboxylic acids is 1. The molecule has 5 heteroatoms. The Bertz CT molecular complexity index is 867. The molecule has 0 radical (unpaired) electrons. The Balaban J connectivity index is 1.37. The maximum absolute atomic E-state index is 13.0. The van der Waals surface area contributed by atoms with Gasteiger partial charge in [0.25, 0.3) is 5.91 Å². The largest absolute Gasteiger partial charge is 0.497 e. The number of amides is 1. The monoisotopic (exact) mass is 422 g/mol. The molecule has 0 atom stereocenters. The number of likely N-dealkylation sites (tertiary alicyclic amines) is 2. The van der Waals surface area contributed by atoms with Crippen molar-refractivity contribution < 1.29 is 14.3 Å². The van der Waals surface area contributed by atoms with Gasteiger partial charge in [-0.1, -0.05) is 31.2 Å². The minimum absolute atomic E-state index is 0.0723. The Morgan fingerprint density at radius 2 is 1.65 bits per heavy atom. The summed E-state index contributed by atoms with van der Waals surface area (Å²) in [5, 5.41) is 0. The van der Waals surface area contributed by atoms with Gasteiger partial charge in [0.15, 0.2) is 0 Å². The number of nitrogens with zero attached hydrogens (tertiary/aromatic N) is 2. The molecule has 0 aliphatic carbocycles. The second-order valence-electron chi connectivity index (χ2n) is 8.62. The Morgan fingerprint density at radius 3 is 2.29 bits per heavy atom. The molecule has 0 saturated carbocycles. The summed E-state index contributed by atoms with van der Waals surface area (Å²) >= 11 is 0. The van der Waals surface area contributed by atoms with E-state index in [0.717, 1.165) is 70.6 Å².